The highest BCUT2D eigenvalue weighted by molar-refractivity contribution is 9.10. The van der Waals surface area contributed by atoms with Gasteiger partial charge in [-0.1, -0.05) is 35.8 Å². The smallest absolute Gasteiger partial charge is 0.123 e. The maximum absolute atomic E-state index is 4.50. The van der Waals surface area contributed by atoms with E-state index in [1.807, 2.05) is 6.20 Å². The summed E-state index contributed by atoms with van der Waals surface area (Å²) < 4.78 is 1.12. The Labute approximate surface area is 109 Å². The highest BCUT2D eigenvalue weighted by Gasteiger charge is 2.09. The van der Waals surface area contributed by atoms with Crippen molar-refractivity contribution in [1.82, 2.24) is 4.98 Å². The van der Waals surface area contributed by atoms with E-state index in [1.54, 1.807) is 11.3 Å². The molecule has 2 aromatic rings. The first-order valence-electron chi connectivity index (χ1n) is 5.30. The molecule has 0 amide bonds. The highest BCUT2D eigenvalue weighted by atomic mass is 79.9. The molecule has 0 fully saturated rings. The molecule has 1 aromatic carbocycles. The van der Waals surface area contributed by atoms with Gasteiger partial charge in [0.1, 0.15) is 5.01 Å². The second kappa shape index (κ2) is 4.68. The first-order valence-corrected chi connectivity index (χ1v) is 6.91. The van der Waals surface area contributed by atoms with Gasteiger partial charge in [-0.25, -0.2) is 4.98 Å². The van der Waals surface area contributed by atoms with Crippen molar-refractivity contribution in [2.75, 3.05) is 0 Å². The van der Waals surface area contributed by atoms with Crippen LogP contribution in [-0.4, -0.2) is 4.98 Å². The molecule has 0 atom stereocenters. The molecule has 2 rings (SSSR count). The van der Waals surface area contributed by atoms with E-state index >= 15 is 0 Å². The van der Waals surface area contributed by atoms with E-state index in [9.17, 15) is 0 Å². The third kappa shape index (κ3) is 2.36. The molecule has 0 bridgehead atoms. The Bertz CT molecular complexity index is 502. The summed E-state index contributed by atoms with van der Waals surface area (Å²) in [7, 11) is 0. The van der Waals surface area contributed by atoms with Crippen LogP contribution in [0.1, 0.15) is 30.2 Å². The summed E-state index contributed by atoms with van der Waals surface area (Å²) >= 11 is 5.27. The van der Waals surface area contributed by atoms with Gasteiger partial charge in [0.2, 0.25) is 0 Å². The second-order valence-corrected chi connectivity index (χ2v) is 6.16. The lowest BCUT2D eigenvalue weighted by molar-refractivity contribution is 0.885. The predicted molar refractivity (Wildman–Crippen MR) is 74.1 cm³/mol. The van der Waals surface area contributed by atoms with Crippen LogP contribution < -0.4 is 0 Å². The summed E-state index contributed by atoms with van der Waals surface area (Å²) in [6, 6.07) is 6.33. The van der Waals surface area contributed by atoms with Crippen LogP contribution in [0.15, 0.2) is 28.9 Å². The van der Waals surface area contributed by atoms with Crippen molar-refractivity contribution >= 4 is 27.3 Å². The molecule has 0 aliphatic rings. The second-order valence-electron chi connectivity index (χ2n) is 4.18. The fraction of sp³-hybridized carbons (Fsp3) is 0.308. The average Bonchev–Trinajstić information content (AvgIpc) is 2.66. The van der Waals surface area contributed by atoms with E-state index in [1.165, 1.54) is 16.0 Å². The number of hydrogen-bond donors (Lipinski definition) is 0. The van der Waals surface area contributed by atoms with E-state index in [0.717, 1.165) is 9.48 Å². The first kappa shape index (κ1) is 11.8. The van der Waals surface area contributed by atoms with E-state index in [0.29, 0.717) is 5.92 Å². The van der Waals surface area contributed by atoms with Gasteiger partial charge >= 0.3 is 0 Å². The number of thiazole rings is 1. The summed E-state index contributed by atoms with van der Waals surface area (Å²) in [6.07, 6.45) is 1.99. The largest absolute Gasteiger partial charge is 0.244 e. The van der Waals surface area contributed by atoms with Gasteiger partial charge in [-0.05, 0) is 30.5 Å². The highest BCUT2D eigenvalue weighted by Crippen LogP contribution is 2.32. The Kier molecular flexibility index (Phi) is 3.45. The van der Waals surface area contributed by atoms with Gasteiger partial charge < -0.3 is 0 Å². The molecule has 84 valence electrons. The Morgan fingerprint density at radius 1 is 1.31 bits per heavy atom. The monoisotopic (exact) mass is 295 g/mol. The number of aromatic nitrogens is 1. The molecule has 0 N–H and O–H groups in total. The van der Waals surface area contributed by atoms with Gasteiger partial charge in [0, 0.05) is 21.1 Å². The molecule has 0 spiro atoms. The molecular weight excluding hydrogens is 282 g/mol. The van der Waals surface area contributed by atoms with E-state index in [-0.39, 0.29) is 0 Å². The minimum absolute atomic E-state index is 0.557. The van der Waals surface area contributed by atoms with Crippen LogP contribution in [0, 0.1) is 6.92 Å². The van der Waals surface area contributed by atoms with Crippen molar-refractivity contribution in [3.05, 3.63) is 39.3 Å². The van der Waals surface area contributed by atoms with Gasteiger partial charge in [-0.2, -0.15) is 0 Å². The van der Waals surface area contributed by atoms with E-state index in [4.69, 9.17) is 0 Å². The van der Waals surface area contributed by atoms with Crippen LogP contribution in [0.4, 0.5) is 0 Å². The Balaban J connectivity index is 2.42. The molecule has 0 saturated heterocycles. The third-order valence-corrected chi connectivity index (χ3v) is 4.34. The molecule has 0 unspecified atom stereocenters. The molecule has 1 heterocycles. The van der Waals surface area contributed by atoms with Crippen molar-refractivity contribution in [2.24, 2.45) is 0 Å². The third-order valence-electron chi connectivity index (χ3n) is 2.51. The van der Waals surface area contributed by atoms with Crippen LogP contribution in [0.5, 0.6) is 0 Å². The minimum atomic E-state index is 0.557. The predicted octanol–water partition coefficient (Wildman–Crippen LogP) is 5.00. The van der Waals surface area contributed by atoms with Gasteiger partial charge in [0.25, 0.3) is 0 Å². The van der Waals surface area contributed by atoms with Crippen molar-refractivity contribution in [3.63, 3.8) is 0 Å². The summed E-state index contributed by atoms with van der Waals surface area (Å²) in [5.74, 6) is 0.557. The summed E-state index contributed by atoms with van der Waals surface area (Å²) in [5, 5.41) is 1.12. The van der Waals surface area contributed by atoms with Crippen LogP contribution in [0.2, 0.25) is 0 Å². The summed E-state index contributed by atoms with van der Waals surface area (Å²) in [4.78, 5) is 5.85. The number of halogens is 1. The maximum Gasteiger partial charge on any atom is 0.123 e. The summed E-state index contributed by atoms with van der Waals surface area (Å²) in [6.45, 7) is 6.52. The lowest BCUT2D eigenvalue weighted by atomic mass is 10.1. The Morgan fingerprint density at radius 2 is 2.06 bits per heavy atom. The topological polar surface area (TPSA) is 12.9 Å². The zero-order valence-corrected chi connectivity index (χ0v) is 12.0. The van der Waals surface area contributed by atoms with Crippen molar-refractivity contribution < 1.29 is 0 Å². The Morgan fingerprint density at radius 3 is 2.62 bits per heavy atom. The number of aryl methyl sites for hydroxylation is 1. The van der Waals surface area contributed by atoms with Crippen LogP contribution in [0.3, 0.4) is 0 Å². The van der Waals surface area contributed by atoms with Gasteiger partial charge in [-0.15, -0.1) is 11.3 Å². The van der Waals surface area contributed by atoms with Gasteiger partial charge in [-0.3, -0.25) is 0 Å². The minimum Gasteiger partial charge on any atom is -0.244 e. The number of nitrogens with zero attached hydrogens (tertiary/aromatic N) is 1. The molecule has 0 radical (unpaired) electrons. The summed E-state index contributed by atoms with van der Waals surface area (Å²) in [5.41, 5.74) is 2.50. The molecule has 0 aliphatic heterocycles. The molecule has 1 nitrogen and oxygen atoms in total. The molecule has 0 saturated carbocycles. The number of rotatable bonds is 2. The first-order chi connectivity index (χ1) is 7.58. The fourth-order valence-electron chi connectivity index (χ4n) is 1.55. The molecular formula is C13H14BrNS. The lowest BCUT2D eigenvalue weighted by Gasteiger charge is -2.02. The fourth-order valence-corrected chi connectivity index (χ4v) is 3.03. The Hall–Kier alpha value is -0.670. The lowest BCUT2D eigenvalue weighted by Crippen LogP contribution is -1.81. The quantitative estimate of drug-likeness (QED) is 0.759. The normalized spacial score (nSPS) is 11.1. The van der Waals surface area contributed by atoms with Crippen LogP contribution in [-0.2, 0) is 0 Å². The van der Waals surface area contributed by atoms with Crippen LogP contribution >= 0.6 is 27.3 Å². The average molecular weight is 296 g/mol. The van der Waals surface area contributed by atoms with Crippen molar-refractivity contribution in [2.45, 2.75) is 26.7 Å². The zero-order valence-electron chi connectivity index (χ0n) is 9.62. The van der Waals surface area contributed by atoms with Gasteiger partial charge in [0.15, 0.2) is 0 Å². The number of benzene rings is 1. The van der Waals surface area contributed by atoms with Crippen LogP contribution in [0.25, 0.3) is 10.6 Å². The van der Waals surface area contributed by atoms with Crippen molar-refractivity contribution in [1.29, 1.82) is 0 Å². The standard InChI is InChI=1S/C13H14BrNS/c1-8(2)12-7-15-13(16-12)11-5-4-10(14)6-9(11)3/h4-8H,1-3H3. The SMILES string of the molecule is Cc1cc(Br)ccc1-c1ncc(C(C)C)s1. The maximum atomic E-state index is 4.50. The van der Waals surface area contributed by atoms with Crippen molar-refractivity contribution in [3.8, 4) is 10.6 Å². The molecule has 3 heteroatoms. The molecule has 1 aromatic heterocycles. The number of hydrogen-bond acceptors (Lipinski definition) is 2. The van der Waals surface area contributed by atoms with E-state index in [2.05, 4.69) is 59.9 Å². The van der Waals surface area contributed by atoms with Gasteiger partial charge in [0.05, 0.1) is 0 Å². The van der Waals surface area contributed by atoms with E-state index < -0.39 is 0 Å². The molecule has 16 heavy (non-hydrogen) atoms. The zero-order chi connectivity index (χ0) is 11.7. The molecule has 0 aliphatic carbocycles.